The van der Waals surface area contributed by atoms with Crippen LogP contribution >= 0.6 is 11.6 Å². The van der Waals surface area contributed by atoms with Gasteiger partial charge in [-0.15, -0.1) is 0 Å². The molecule has 0 saturated carbocycles. The van der Waals surface area contributed by atoms with Gasteiger partial charge >= 0.3 is 6.03 Å². The molecule has 2 rings (SSSR count). The number of para-hydroxylation sites is 1. The predicted octanol–water partition coefficient (Wildman–Crippen LogP) is 4.26. The van der Waals surface area contributed by atoms with E-state index < -0.39 is 6.03 Å². The number of anilines is 1. The van der Waals surface area contributed by atoms with Gasteiger partial charge in [0.15, 0.2) is 5.75 Å². The second-order valence-corrected chi connectivity index (χ2v) is 5.83. The van der Waals surface area contributed by atoms with Crippen molar-refractivity contribution in [2.45, 2.75) is 13.3 Å². The molecule has 0 aliphatic heterocycles. The van der Waals surface area contributed by atoms with Crippen LogP contribution in [-0.2, 0) is 11.2 Å². The molecule has 7 heteroatoms. The van der Waals surface area contributed by atoms with Crippen molar-refractivity contribution in [3.63, 3.8) is 0 Å². The van der Waals surface area contributed by atoms with E-state index in [0.29, 0.717) is 49.2 Å². The van der Waals surface area contributed by atoms with Gasteiger partial charge in [0.25, 0.3) is 0 Å². The molecule has 0 saturated heterocycles. The van der Waals surface area contributed by atoms with Crippen LogP contribution < -0.4 is 15.4 Å². The molecule has 0 unspecified atom stereocenters. The van der Waals surface area contributed by atoms with Crippen LogP contribution in [0.4, 0.5) is 14.9 Å². The summed E-state index contributed by atoms with van der Waals surface area (Å²) in [6, 6.07) is 11.0. The van der Waals surface area contributed by atoms with Gasteiger partial charge in [0, 0.05) is 13.2 Å². The zero-order valence-electron chi connectivity index (χ0n) is 14.6. The zero-order chi connectivity index (χ0) is 18.8. The Morgan fingerprint density at radius 3 is 2.77 bits per heavy atom. The Kier molecular flexibility index (Phi) is 8.18. The lowest BCUT2D eigenvalue weighted by Gasteiger charge is -2.14. The van der Waals surface area contributed by atoms with Gasteiger partial charge in [-0.1, -0.05) is 29.8 Å². The normalized spacial score (nSPS) is 10.4. The number of halogens is 2. The molecular weight excluding hydrogens is 359 g/mol. The van der Waals surface area contributed by atoms with Gasteiger partial charge in [-0.2, -0.15) is 0 Å². The second kappa shape index (κ2) is 10.6. The topological polar surface area (TPSA) is 59.6 Å². The Morgan fingerprint density at radius 1 is 1.19 bits per heavy atom. The maximum absolute atomic E-state index is 13.1. The van der Waals surface area contributed by atoms with Crippen LogP contribution in [0.2, 0.25) is 5.02 Å². The summed E-state index contributed by atoms with van der Waals surface area (Å²) in [4.78, 5) is 12.1. The average Bonchev–Trinajstić information content (AvgIpc) is 2.61. The van der Waals surface area contributed by atoms with Crippen LogP contribution in [0.15, 0.2) is 42.5 Å². The number of urea groups is 1. The molecule has 2 N–H and O–H groups in total. The van der Waals surface area contributed by atoms with E-state index in [0.717, 1.165) is 5.56 Å². The van der Waals surface area contributed by atoms with Crippen LogP contribution in [-0.4, -0.2) is 32.4 Å². The van der Waals surface area contributed by atoms with Crippen LogP contribution in [0.3, 0.4) is 0 Å². The summed E-state index contributed by atoms with van der Waals surface area (Å²) >= 11 is 6.15. The number of benzene rings is 2. The largest absolute Gasteiger partial charge is 0.487 e. The maximum Gasteiger partial charge on any atom is 0.319 e. The van der Waals surface area contributed by atoms with Crippen molar-refractivity contribution in [3.05, 3.63) is 58.9 Å². The number of nitrogens with one attached hydrogen (secondary N) is 2. The van der Waals surface area contributed by atoms with Crippen molar-refractivity contribution in [1.29, 1.82) is 0 Å². The van der Waals surface area contributed by atoms with E-state index in [2.05, 4.69) is 10.6 Å². The zero-order valence-corrected chi connectivity index (χ0v) is 15.3. The van der Waals surface area contributed by atoms with Crippen molar-refractivity contribution in [1.82, 2.24) is 5.32 Å². The SMILES string of the molecule is CCOCCOc1c(Cl)cccc1NC(=O)NCCc1cccc(F)c1. The van der Waals surface area contributed by atoms with E-state index in [1.165, 1.54) is 12.1 Å². The first-order valence-corrected chi connectivity index (χ1v) is 8.76. The number of amides is 2. The minimum Gasteiger partial charge on any atom is -0.487 e. The number of carbonyl (C=O) groups excluding carboxylic acids is 1. The smallest absolute Gasteiger partial charge is 0.319 e. The van der Waals surface area contributed by atoms with Crippen LogP contribution in [0.25, 0.3) is 0 Å². The third-order valence-corrected chi connectivity index (χ3v) is 3.78. The van der Waals surface area contributed by atoms with Crippen molar-refractivity contribution in [2.24, 2.45) is 0 Å². The lowest BCUT2D eigenvalue weighted by Crippen LogP contribution is -2.30. The van der Waals surface area contributed by atoms with Crippen molar-refractivity contribution in [2.75, 3.05) is 31.7 Å². The van der Waals surface area contributed by atoms with Gasteiger partial charge in [-0.3, -0.25) is 0 Å². The first-order chi connectivity index (χ1) is 12.6. The molecule has 0 atom stereocenters. The maximum atomic E-state index is 13.1. The molecule has 0 radical (unpaired) electrons. The summed E-state index contributed by atoms with van der Waals surface area (Å²) in [5, 5.41) is 5.84. The van der Waals surface area contributed by atoms with Gasteiger partial charge in [0.1, 0.15) is 12.4 Å². The summed E-state index contributed by atoms with van der Waals surface area (Å²) in [6.45, 7) is 3.63. The molecule has 0 bridgehead atoms. The minimum atomic E-state index is -0.390. The monoisotopic (exact) mass is 380 g/mol. The highest BCUT2D eigenvalue weighted by molar-refractivity contribution is 6.32. The average molecular weight is 381 g/mol. The third kappa shape index (κ3) is 6.54. The highest BCUT2D eigenvalue weighted by Gasteiger charge is 2.11. The fraction of sp³-hybridized carbons (Fsp3) is 0.316. The van der Waals surface area contributed by atoms with Crippen LogP contribution in [0.5, 0.6) is 5.75 Å². The summed E-state index contributed by atoms with van der Waals surface area (Å²) in [6.07, 6.45) is 0.526. The van der Waals surface area contributed by atoms with Crippen molar-refractivity contribution < 1.29 is 18.7 Å². The molecule has 0 spiro atoms. The van der Waals surface area contributed by atoms with E-state index in [-0.39, 0.29) is 5.82 Å². The summed E-state index contributed by atoms with van der Waals surface area (Å²) in [7, 11) is 0. The number of carbonyl (C=O) groups is 1. The van der Waals surface area contributed by atoms with E-state index >= 15 is 0 Å². The van der Waals surface area contributed by atoms with Gasteiger partial charge in [0.05, 0.1) is 17.3 Å². The summed E-state index contributed by atoms with van der Waals surface area (Å²) < 4.78 is 24.0. The third-order valence-electron chi connectivity index (χ3n) is 3.48. The number of hydrogen-bond donors (Lipinski definition) is 2. The predicted molar refractivity (Wildman–Crippen MR) is 101 cm³/mol. The van der Waals surface area contributed by atoms with Crippen molar-refractivity contribution >= 4 is 23.3 Å². The number of hydrogen-bond acceptors (Lipinski definition) is 3. The lowest BCUT2D eigenvalue weighted by atomic mass is 10.1. The molecule has 140 valence electrons. The van der Waals surface area contributed by atoms with Crippen LogP contribution in [0.1, 0.15) is 12.5 Å². The Bertz CT molecular complexity index is 728. The molecule has 2 aromatic rings. The fourth-order valence-corrected chi connectivity index (χ4v) is 2.51. The molecule has 2 aromatic carbocycles. The number of rotatable bonds is 9. The van der Waals surface area contributed by atoms with Gasteiger partial charge < -0.3 is 20.1 Å². The lowest BCUT2D eigenvalue weighted by molar-refractivity contribution is 0.110. The molecular formula is C19H22ClFN2O3. The Balaban J connectivity index is 1.86. The highest BCUT2D eigenvalue weighted by atomic mass is 35.5. The van der Waals surface area contributed by atoms with Crippen LogP contribution in [0, 0.1) is 5.82 Å². The molecule has 26 heavy (non-hydrogen) atoms. The Morgan fingerprint density at radius 2 is 2.00 bits per heavy atom. The molecule has 0 heterocycles. The Labute approximate surface area is 157 Å². The van der Waals surface area contributed by atoms with Crippen molar-refractivity contribution in [3.8, 4) is 5.75 Å². The molecule has 2 amide bonds. The molecule has 0 fully saturated rings. The highest BCUT2D eigenvalue weighted by Crippen LogP contribution is 2.32. The van der Waals surface area contributed by atoms with Gasteiger partial charge in [-0.25, -0.2) is 9.18 Å². The minimum absolute atomic E-state index is 0.292. The van der Waals surface area contributed by atoms with Gasteiger partial charge in [0.2, 0.25) is 0 Å². The summed E-state index contributed by atoms with van der Waals surface area (Å²) in [5.74, 6) is 0.105. The quantitative estimate of drug-likeness (QED) is 0.639. The number of ether oxygens (including phenoxy) is 2. The fourth-order valence-electron chi connectivity index (χ4n) is 2.28. The first kappa shape index (κ1) is 20.0. The van der Waals surface area contributed by atoms with E-state index in [9.17, 15) is 9.18 Å². The van der Waals surface area contributed by atoms with E-state index in [4.69, 9.17) is 21.1 Å². The molecule has 0 aliphatic rings. The van der Waals surface area contributed by atoms with E-state index in [1.54, 1.807) is 24.3 Å². The second-order valence-electron chi connectivity index (χ2n) is 5.42. The van der Waals surface area contributed by atoms with Gasteiger partial charge in [-0.05, 0) is 43.2 Å². The molecule has 0 aliphatic carbocycles. The molecule has 0 aromatic heterocycles. The summed E-state index contributed by atoms with van der Waals surface area (Å²) in [5.41, 5.74) is 1.28. The molecule has 5 nitrogen and oxygen atoms in total. The first-order valence-electron chi connectivity index (χ1n) is 8.38. The standard InChI is InChI=1S/C19H22ClFN2O3/c1-2-25-11-12-26-18-16(20)7-4-8-17(18)23-19(24)22-10-9-14-5-3-6-15(21)13-14/h3-8,13H,2,9-12H2,1H3,(H2,22,23,24). The Hall–Kier alpha value is -2.31. The van der Waals surface area contributed by atoms with E-state index in [1.807, 2.05) is 13.0 Å².